The predicted octanol–water partition coefficient (Wildman–Crippen LogP) is 2.07. The highest BCUT2D eigenvalue weighted by Gasteiger charge is 2.22. The van der Waals surface area contributed by atoms with Crippen LogP contribution in [0.15, 0.2) is 17.5 Å². The SMILES string of the molecule is CNC(=O)N(Cc1cccs1)C[C@H]1CCCO1. The van der Waals surface area contributed by atoms with Crippen molar-refractivity contribution in [2.24, 2.45) is 0 Å². The van der Waals surface area contributed by atoms with E-state index in [1.54, 1.807) is 18.4 Å². The van der Waals surface area contributed by atoms with Gasteiger partial charge < -0.3 is 15.0 Å². The number of carbonyl (C=O) groups is 1. The van der Waals surface area contributed by atoms with E-state index in [1.165, 1.54) is 4.88 Å². The van der Waals surface area contributed by atoms with Crippen LogP contribution in [0.3, 0.4) is 0 Å². The third-order valence-corrected chi connectivity index (χ3v) is 3.74. The van der Waals surface area contributed by atoms with Gasteiger partial charge in [-0.15, -0.1) is 11.3 Å². The van der Waals surface area contributed by atoms with Crippen LogP contribution in [0.4, 0.5) is 4.79 Å². The van der Waals surface area contributed by atoms with Crippen LogP contribution in [0.1, 0.15) is 17.7 Å². The number of nitrogens with zero attached hydrogens (tertiary/aromatic N) is 1. The van der Waals surface area contributed by atoms with E-state index in [2.05, 4.69) is 11.4 Å². The maximum Gasteiger partial charge on any atom is 0.317 e. The summed E-state index contributed by atoms with van der Waals surface area (Å²) >= 11 is 1.67. The van der Waals surface area contributed by atoms with E-state index in [4.69, 9.17) is 4.74 Å². The maximum atomic E-state index is 11.8. The van der Waals surface area contributed by atoms with Crippen molar-refractivity contribution < 1.29 is 9.53 Å². The normalized spacial score (nSPS) is 19.2. The van der Waals surface area contributed by atoms with Gasteiger partial charge in [0.1, 0.15) is 0 Å². The number of thiophene rings is 1. The van der Waals surface area contributed by atoms with Crippen molar-refractivity contribution in [1.82, 2.24) is 10.2 Å². The second-order valence-corrected chi connectivity index (χ2v) is 5.18. The van der Waals surface area contributed by atoms with Gasteiger partial charge >= 0.3 is 6.03 Å². The number of hydrogen-bond acceptors (Lipinski definition) is 3. The molecule has 0 saturated carbocycles. The Hall–Kier alpha value is -1.07. The Kier molecular flexibility index (Phi) is 4.39. The van der Waals surface area contributed by atoms with E-state index >= 15 is 0 Å². The van der Waals surface area contributed by atoms with Crippen LogP contribution in [0, 0.1) is 0 Å². The van der Waals surface area contributed by atoms with Crippen LogP contribution >= 0.6 is 11.3 Å². The number of nitrogens with one attached hydrogen (secondary N) is 1. The Bertz CT molecular complexity index is 347. The predicted molar refractivity (Wildman–Crippen MR) is 68.2 cm³/mol. The third-order valence-electron chi connectivity index (χ3n) is 2.88. The Balaban J connectivity index is 1.94. The van der Waals surface area contributed by atoms with E-state index in [1.807, 2.05) is 16.3 Å². The standard InChI is InChI=1S/C12H18N2O2S/c1-13-12(15)14(8-10-4-2-6-16-10)9-11-5-3-7-17-11/h3,5,7,10H,2,4,6,8-9H2,1H3,(H,13,15)/t10-/m1/s1. The van der Waals surface area contributed by atoms with Gasteiger partial charge in [-0.3, -0.25) is 0 Å². The van der Waals surface area contributed by atoms with Crippen LogP contribution in [-0.2, 0) is 11.3 Å². The minimum absolute atomic E-state index is 0.0334. The molecule has 0 aromatic carbocycles. The summed E-state index contributed by atoms with van der Waals surface area (Å²) in [6.07, 6.45) is 2.36. The third kappa shape index (κ3) is 3.44. The maximum absolute atomic E-state index is 11.8. The first kappa shape index (κ1) is 12.4. The highest BCUT2D eigenvalue weighted by molar-refractivity contribution is 7.09. The molecule has 1 aliphatic rings. The zero-order valence-corrected chi connectivity index (χ0v) is 10.8. The minimum Gasteiger partial charge on any atom is -0.376 e. The van der Waals surface area contributed by atoms with Gasteiger partial charge in [0.2, 0.25) is 0 Å². The molecule has 1 fully saturated rings. The molecule has 2 amide bonds. The Labute approximate surface area is 106 Å². The molecular formula is C12H18N2O2S. The number of rotatable bonds is 4. The van der Waals surface area contributed by atoms with Gasteiger partial charge in [0.25, 0.3) is 0 Å². The molecule has 17 heavy (non-hydrogen) atoms. The average Bonchev–Trinajstić information content (AvgIpc) is 3.00. The molecule has 1 aromatic heterocycles. The summed E-state index contributed by atoms with van der Waals surface area (Å²) < 4.78 is 5.58. The Morgan fingerprint density at radius 1 is 1.71 bits per heavy atom. The summed E-state index contributed by atoms with van der Waals surface area (Å²) in [4.78, 5) is 14.8. The molecule has 0 radical (unpaired) electrons. The summed E-state index contributed by atoms with van der Waals surface area (Å²) in [5, 5.41) is 4.72. The number of amides is 2. The Morgan fingerprint density at radius 3 is 3.18 bits per heavy atom. The van der Waals surface area contributed by atoms with E-state index in [0.29, 0.717) is 13.1 Å². The Morgan fingerprint density at radius 2 is 2.59 bits per heavy atom. The van der Waals surface area contributed by atoms with Crippen molar-refractivity contribution in [1.29, 1.82) is 0 Å². The van der Waals surface area contributed by atoms with Gasteiger partial charge in [0.05, 0.1) is 12.6 Å². The largest absolute Gasteiger partial charge is 0.376 e. The molecular weight excluding hydrogens is 236 g/mol. The molecule has 4 nitrogen and oxygen atoms in total. The van der Waals surface area contributed by atoms with Gasteiger partial charge in [-0.1, -0.05) is 6.07 Å². The van der Waals surface area contributed by atoms with Crippen LogP contribution in [0.5, 0.6) is 0 Å². The number of hydrogen-bond donors (Lipinski definition) is 1. The van der Waals surface area contributed by atoms with E-state index in [9.17, 15) is 4.79 Å². The highest BCUT2D eigenvalue weighted by Crippen LogP contribution is 2.17. The van der Waals surface area contributed by atoms with Gasteiger partial charge in [0, 0.05) is 25.1 Å². The molecule has 0 spiro atoms. The minimum atomic E-state index is -0.0334. The zero-order chi connectivity index (χ0) is 12.1. The molecule has 0 unspecified atom stereocenters. The van der Waals surface area contributed by atoms with E-state index < -0.39 is 0 Å². The first-order valence-corrected chi connectivity index (χ1v) is 6.78. The van der Waals surface area contributed by atoms with Gasteiger partial charge in [0.15, 0.2) is 0 Å². The van der Waals surface area contributed by atoms with Crippen molar-refractivity contribution >= 4 is 17.4 Å². The zero-order valence-electron chi connectivity index (χ0n) is 10.0. The average molecular weight is 254 g/mol. The summed E-state index contributed by atoms with van der Waals surface area (Å²) in [7, 11) is 1.67. The molecule has 1 saturated heterocycles. The highest BCUT2D eigenvalue weighted by atomic mass is 32.1. The molecule has 5 heteroatoms. The van der Waals surface area contributed by atoms with Crippen LogP contribution in [-0.4, -0.2) is 37.2 Å². The fraction of sp³-hybridized carbons (Fsp3) is 0.583. The van der Waals surface area contributed by atoms with Crippen molar-refractivity contribution in [3.8, 4) is 0 Å². The van der Waals surface area contributed by atoms with Gasteiger partial charge in [-0.05, 0) is 24.3 Å². The van der Waals surface area contributed by atoms with Crippen molar-refractivity contribution in [3.63, 3.8) is 0 Å². The summed E-state index contributed by atoms with van der Waals surface area (Å²) in [5.74, 6) is 0. The molecule has 1 aliphatic heterocycles. The lowest BCUT2D eigenvalue weighted by molar-refractivity contribution is 0.0801. The fourth-order valence-electron chi connectivity index (χ4n) is 2.00. The van der Waals surface area contributed by atoms with Crippen LogP contribution in [0.2, 0.25) is 0 Å². The lowest BCUT2D eigenvalue weighted by Crippen LogP contribution is -2.41. The van der Waals surface area contributed by atoms with Gasteiger partial charge in [-0.25, -0.2) is 4.79 Å². The number of ether oxygens (including phenoxy) is 1. The summed E-state index contributed by atoms with van der Waals surface area (Å²) in [6.45, 7) is 2.17. The van der Waals surface area contributed by atoms with Crippen molar-refractivity contribution in [3.05, 3.63) is 22.4 Å². The lowest BCUT2D eigenvalue weighted by Gasteiger charge is -2.24. The quantitative estimate of drug-likeness (QED) is 0.893. The number of urea groups is 1. The van der Waals surface area contributed by atoms with E-state index in [0.717, 1.165) is 19.4 Å². The first-order valence-electron chi connectivity index (χ1n) is 5.90. The lowest BCUT2D eigenvalue weighted by atomic mass is 10.2. The smallest absolute Gasteiger partial charge is 0.317 e. The number of carbonyl (C=O) groups excluding carboxylic acids is 1. The molecule has 1 atom stereocenters. The molecule has 94 valence electrons. The van der Waals surface area contributed by atoms with Crippen LogP contribution in [0.25, 0.3) is 0 Å². The first-order chi connectivity index (χ1) is 8.29. The fourth-order valence-corrected chi connectivity index (χ4v) is 2.72. The second kappa shape index (κ2) is 6.02. The van der Waals surface area contributed by atoms with E-state index in [-0.39, 0.29) is 12.1 Å². The topological polar surface area (TPSA) is 41.6 Å². The molecule has 0 bridgehead atoms. The molecule has 1 aromatic rings. The molecule has 2 heterocycles. The van der Waals surface area contributed by atoms with Crippen molar-refractivity contribution in [2.75, 3.05) is 20.2 Å². The summed E-state index contributed by atoms with van der Waals surface area (Å²) in [5.41, 5.74) is 0. The second-order valence-electron chi connectivity index (χ2n) is 4.15. The monoisotopic (exact) mass is 254 g/mol. The van der Waals surface area contributed by atoms with Crippen LogP contribution < -0.4 is 5.32 Å². The molecule has 0 aliphatic carbocycles. The molecule has 1 N–H and O–H groups in total. The van der Waals surface area contributed by atoms with Gasteiger partial charge in [-0.2, -0.15) is 0 Å². The van der Waals surface area contributed by atoms with Crippen molar-refractivity contribution in [2.45, 2.75) is 25.5 Å². The summed E-state index contributed by atoms with van der Waals surface area (Å²) in [6, 6.07) is 4.03. The molecule has 2 rings (SSSR count).